The third-order valence-electron chi connectivity index (χ3n) is 13.6. The van der Waals surface area contributed by atoms with Gasteiger partial charge in [-0.05, 0) is 86.8 Å². The Bertz CT molecular complexity index is 3860. The lowest BCUT2D eigenvalue weighted by molar-refractivity contribution is 0.483. The normalized spacial score (nSPS) is 12.8. The summed E-state index contributed by atoms with van der Waals surface area (Å²) in [6.07, 6.45) is 1.93. The summed E-state index contributed by atoms with van der Waals surface area (Å²) in [6.45, 7) is 7.34. The maximum absolute atomic E-state index is 7.05. The minimum atomic E-state index is -0.0806. The molecule has 0 bridgehead atoms. The molecule has 0 spiro atoms. The number of benzene rings is 9. The van der Waals surface area contributed by atoms with Crippen LogP contribution in [0, 0.1) is 0 Å². The van der Waals surface area contributed by atoms with Crippen LogP contribution in [0.1, 0.15) is 26.3 Å². The number of hydrogen-bond donors (Lipinski definition) is 0. The monoisotopic (exact) mass is 878 g/mol. The number of pyridine rings is 1. The summed E-state index contributed by atoms with van der Waals surface area (Å²) in [4.78, 5) is 9.90. The summed E-state index contributed by atoms with van der Waals surface area (Å²) < 4.78 is 16.2. The molecule has 1 aliphatic heterocycles. The van der Waals surface area contributed by atoms with Gasteiger partial charge in [0.15, 0.2) is 5.58 Å². The highest BCUT2D eigenvalue weighted by Crippen LogP contribution is 2.51. The van der Waals surface area contributed by atoms with Crippen LogP contribution in [0.4, 0.5) is 22.7 Å². The lowest BCUT2D eigenvalue weighted by atomic mass is 9.88. The second-order valence-electron chi connectivity index (χ2n) is 18.8. The first-order chi connectivity index (χ1) is 33.4. The van der Waals surface area contributed by atoms with E-state index in [4.69, 9.17) is 14.1 Å². The molecule has 6 heteroatoms. The fraction of sp³-hybridized carbons (Fsp3) is 0.0806. The molecule has 0 N–H and O–H groups in total. The molecule has 4 heterocycles. The summed E-state index contributed by atoms with van der Waals surface area (Å²) in [7, 11) is 0. The fourth-order valence-electron chi connectivity index (χ4n) is 10.4. The summed E-state index contributed by atoms with van der Waals surface area (Å²) in [5.74, 6) is 2.29. The van der Waals surface area contributed by atoms with Gasteiger partial charge in [0.1, 0.15) is 35.1 Å². The lowest BCUT2D eigenvalue weighted by Gasteiger charge is -2.27. The van der Waals surface area contributed by atoms with Crippen molar-refractivity contribution in [3.8, 4) is 39.6 Å². The van der Waals surface area contributed by atoms with Crippen molar-refractivity contribution in [3.63, 3.8) is 0 Å². The number of rotatable bonds is 7. The molecule has 0 fully saturated rings. The maximum atomic E-state index is 7.05. The van der Waals surface area contributed by atoms with E-state index in [1.807, 2.05) is 12.3 Å². The Morgan fingerprint density at radius 1 is 0.500 bits per heavy atom. The van der Waals surface area contributed by atoms with E-state index in [1.54, 1.807) is 0 Å². The molecule has 0 unspecified atom stereocenters. The van der Waals surface area contributed by atoms with Crippen LogP contribution >= 0.6 is 0 Å². The van der Waals surface area contributed by atoms with Gasteiger partial charge in [-0.25, -0.2) is 4.98 Å². The van der Waals surface area contributed by atoms with Crippen molar-refractivity contribution in [2.45, 2.75) is 26.2 Å². The van der Waals surface area contributed by atoms with Gasteiger partial charge >= 0.3 is 0 Å². The third-order valence-corrected chi connectivity index (χ3v) is 13.6. The van der Waals surface area contributed by atoms with Gasteiger partial charge in [-0.3, -0.25) is 4.57 Å². The van der Waals surface area contributed by atoms with Gasteiger partial charge in [0, 0.05) is 45.9 Å². The van der Waals surface area contributed by atoms with Gasteiger partial charge in [-0.15, -0.1) is 0 Å². The summed E-state index contributed by atoms with van der Waals surface area (Å²) in [5.41, 5.74) is 14.0. The molecular formula is C62H46N4O2. The van der Waals surface area contributed by atoms with Crippen LogP contribution < -0.4 is 14.5 Å². The molecule has 0 amide bonds. The molecule has 1 aliphatic rings. The molecule has 3 aromatic heterocycles. The first kappa shape index (κ1) is 39.7. The number of furan rings is 1. The molecule has 0 saturated carbocycles. The van der Waals surface area contributed by atoms with Crippen molar-refractivity contribution in [1.82, 2.24) is 9.55 Å². The summed E-state index contributed by atoms with van der Waals surface area (Å²) in [6, 6.07) is 73.1. The van der Waals surface area contributed by atoms with E-state index in [-0.39, 0.29) is 5.41 Å². The highest BCUT2D eigenvalue weighted by Gasteiger charge is 2.32. The van der Waals surface area contributed by atoms with E-state index in [2.05, 4.69) is 235 Å². The number of nitrogens with zero attached hydrogens (tertiary/aromatic N) is 4. The highest BCUT2D eigenvalue weighted by atomic mass is 16.5. The summed E-state index contributed by atoms with van der Waals surface area (Å²) >= 11 is 0. The largest absolute Gasteiger partial charge is 0.457 e. The van der Waals surface area contributed by atoms with E-state index >= 15 is 0 Å². The zero-order valence-electron chi connectivity index (χ0n) is 38.0. The zero-order valence-corrected chi connectivity index (χ0v) is 38.0. The molecular weight excluding hydrogens is 833 g/mol. The van der Waals surface area contributed by atoms with Gasteiger partial charge < -0.3 is 19.0 Å². The molecule has 326 valence electrons. The van der Waals surface area contributed by atoms with Gasteiger partial charge in [-0.1, -0.05) is 166 Å². The lowest BCUT2D eigenvalue weighted by Crippen LogP contribution is -2.24. The standard InChI is InChI=1S/C62H46N4O2/c1-62(2,3)42-34-35-63-56(36-42)66-55-38-45(32-33-52(55)61-59(66)57-50-26-12-10-24-48(50)49-25-11-13-27-51(49)60(57)68-61)67-44-23-16-22-43(37-44)64-39-65(54-31-15-14-30-53(54)64)58-46(40-18-6-4-7-19-40)28-17-29-47(58)41-20-8-5-9-21-41/h4-38H,39H2,1-3H3. The van der Waals surface area contributed by atoms with Crippen LogP contribution in [0.3, 0.4) is 0 Å². The molecule has 6 nitrogen and oxygen atoms in total. The van der Waals surface area contributed by atoms with E-state index in [9.17, 15) is 0 Å². The number of anilines is 4. The average Bonchev–Trinajstić information content (AvgIpc) is 4.06. The molecule has 13 rings (SSSR count). The summed E-state index contributed by atoms with van der Waals surface area (Å²) in [5, 5.41) is 6.67. The van der Waals surface area contributed by atoms with Crippen molar-refractivity contribution < 1.29 is 9.15 Å². The zero-order chi connectivity index (χ0) is 45.5. The molecule has 0 saturated heterocycles. The van der Waals surface area contributed by atoms with E-state index < -0.39 is 0 Å². The Kier molecular flexibility index (Phi) is 9.06. The van der Waals surface area contributed by atoms with Gasteiger partial charge in [0.2, 0.25) is 0 Å². The third kappa shape index (κ3) is 6.36. The van der Waals surface area contributed by atoms with Crippen molar-refractivity contribution in [2.24, 2.45) is 0 Å². The van der Waals surface area contributed by atoms with E-state index in [0.29, 0.717) is 6.67 Å². The quantitative estimate of drug-likeness (QED) is 0.149. The van der Waals surface area contributed by atoms with E-state index in [0.717, 1.165) is 78.1 Å². The molecule has 9 aromatic carbocycles. The Hall–Kier alpha value is -8.61. The number of para-hydroxylation sites is 3. The Morgan fingerprint density at radius 2 is 1.10 bits per heavy atom. The molecule has 68 heavy (non-hydrogen) atoms. The number of ether oxygens (including phenoxy) is 1. The van der Waals surface area contributed by atoms with Crippen LogP contribution in [-0.2, 0) is 5.41 Å². The molecule has 0 aliphatic carbocycles. The second kappa shape index (κ2) is 15.5. The minimum absolute atomic E-state index is 0.0806. The van der Waals surface area contributed by atoms with Crippen LogP contribution in [0.2, 0.25) is 0 Å². The Labute approximate surface area is 394 Å². The van der Waals surface area contributed by atoms with Crippen LogP contribution in [0.25, 0.3) is 82.6 Å². The molecule has 0 atom stereocenters. The van der Waals surface area contributed by atoms with Crippen LogP contribution in [0.5, 0.6) is 11.5 Å². The van der Waals surface area contributed by atoms with Crippen molar-refractivity contribution in [2.75, 3.05) is 16.5 Å². The molecule has 12 aromatic rings. The van der Waals surface area contributed by atoms with Crippen molar-refractivity contribution >= 4 is 77.3 Å². The molecule has 0 radical (unpaired) electrons. The average molecular weight is 879 g/mol. The van der Waals surface area contributed by atoms with Gasteiger partial charge in [-0.2, -0.15) is 0 Å². The number of aromatic nitrogens is 2. The first-order valence-electron chi connectivity index (χ1n) is 23.3. The Morgan fingerprint density at radius 3 is 1.81 bits per heavy atom. The first-order valence-corrected chi connectivity index (χ1v) is 23.3. The fourth-order valence-corrected chi connectivity index (χ4v) is 10.4. The van der Waals surface area contributed by atoms with Crippen molar-refractivity contribution in [3.05, 3.63) is 218 Å². The predicted molar refractivity (Wildman–Crippen MR) is 281 cm³/mol. The minimum Gasteiger partial charge on any atom is -0.457 e. The van der Waals surface area contributed by atoms with Gasteiger partial charge in [0.05, 0.1) is 28.0 Å². The smallest absolute Gasteiger partial charge is 0.161 e. The number of fused-ring (bicyclic) bond motifs is 11. The predicted octanol–water partition coefficient (Wildman–Crippen LogP) is 16.9. The van der Waals surface area contributed by atoms with Crippen LogP contribution in [-0.4, -0.2) is 16.2 Å². The maximum Gasteiger partial charge on any atom is 0.161 e. The van der Waals surface area contributed by atoms with Crippen LogP contribution in [0.15, 0.2) is 217 Å². The second-order valence-corrected chi connectivity index (χ2v) is 18.8. The van der Waals surface area contributed by atoms with E-state index in [1.165, 1.54) is 44.3 Å². The van der Waals surface area contributed by atoms with Crippen molar-refractivity contribution in [1.29, 1.82) is 0 Å². The Balaban J connectivity index is 0.932. The number of hydrogen-bond acceptors (Lipinski definition) is 5. The highest BCUT2D eigenvalue weighted by molar-refractivity contribution is 6.32. The SMILES string of the molecule is CC(C)(C)c1ccnc(-n2c3cc(Oc4cccc(N5CN(c6c(-c7ccccc7)cccc6-c6ccccc6)c6ccccc65)c4)ccc3c3oc4c5ccccc5c5ccccc5c4c32)c1. The van der Waals surface area contributed by atoms with Gasteiger partial charge in [0.25, 0.3) is 0 Å². The topological polar surface area (TPSA) is 46.7 Å².